The van der Waals surface area contributed by atoms with Gasteiger partial charge in [0.25, 0.3) is 0 Å². The van der Waals surface area contributed by atoms with Gasteiger partial charge in [0.1, 0.15) is 0 Å². The molecule has 6 heteroatoms. The smallest absolute Gasteiger partial charge is 0.234 e. The van der Waals surface area contributed by atoms with Gasteiger partial charge in [0, 0.05) is 6.54 Å². The van der Waals surface area contributed by atoms with Crippen LogP contribution in [0.25, 0.3) is 0 Å². The fraction of sp³-hybridized carbons (Fsp3) is 0.833. The zero-order valence-electron chi connectivity index (χ0n) is 11.0. The van der Waals surface area contributed by atoms with Gasteiger partial charge in [-0.15, -0.1) is 0 Å². The molecular formula is C12H24N4O2. The third-order valence-corrected chi connectivity index (χ3v) is 3.18. The molecule has 0 aromatic rings. The molecule has 1 unspecified atom stereocenters. The molecule has 1 aliphatic rings. The van der Waals surface area contributed by atoms with Crippen molar-refractivity contribution in [1.82, 2.24) is 16.0 Å². The topological polar surface area (TPSA) is 96.2 Å². The van der Waals surface area contributed by atoms with Crippen molar-refractivity contribution in [2.45, 2.75) is 25.8 Å². The molecule has 0 spiro atoms. The Morgan fingerprint density at radius 3 is 2.83 bits per heavy atom. The number of carbonyl (C=O) groups excluding carboxylic acids is 2. The van der Waals surface area contributed by atoms with E-state index in [0.717, 1.165) is 19.6 Å². The van der Waals surface area contributed by atoms with Gasteiger partial charge in [-0.3, -0.25) is 9.59 Å². The van der Waals surface area contributed by atoms with Crippen molar-refractivity contribution < 1.29 is 9.59 Å². The number of rotatable bonds is 7. The highest BCUT2D eigenvalue weighted by Gasteiger charge is 2.16. The number of piperidine rings is 1. The molecule has 1 rings (SSSR count). The number of amides is 1. The molecule has 1 fully saturated rings. The van der Waals surface area contributed by atoms with Gasteiger partial charge in [-0.25, -0.2) is 0 Å². The Bertz CT molecular complexity index is 277. The van der Waals surface area contributed by atoms with Crippen LogP contribution >= 0.6 is 0 Å². The molecule has 6 nitrogen and oxygen atoms in total. The minimum atomic E-state index is -0.560. The predicted molar refractivity (Wildman–Crippen MR) is 70.1 cm³/mol. The molecule has 0 bridgehead atoms. The van der Waals surface area contributed by atoms with Crippen molar-refractivity contribution >= 4 is 11.7 Å². The van der Waals surface area contributed by atoms with E-state index in [-0.39, 0.29) is 24.8 Å². The Balaban J connectivity index is 2.14. The quantitative estimate of drug-likeness (QED) is 0.450. The summed E-state index contributed by atoms with van der Waals surface area (Å²) in [6.45, 7) is 4.74. The number of hydrogen-bond donors (Lipinski definition) is 4. The molecule has 18 heavy (non-hydrogen) atoms. The van der Waals surface area contributed by atoms with Crippen molar-refractivity contribution in [1.29, 1.82) is 0 Å². The average Bonchev–Trinajstić information content (AvgIpc) is 2.37. The van der Waals surface area contributed by atoms with Crippen molar-refractivity contribution in [3.05, 3.63) is 0 Å². The Morgan fingerprint density at radius 1 is 1.50 bits per heavy atom. The van der Waals surface area contributed by atoms with Crippen molar-refractivity contribution in [2.24, 2.45) is 11.7 Å². The van der Waals surface area contributed by atoms with Crippen LogP contribution in [-0.4, -0.2) is 50.5 Å². The maximum Gasteiger partial charge on any atom is 0.234 e. The molecule has 0 aromatic carbocycles. The summed E-state index contributed by atoms with van der Waals surface area (Å²) in [5.74, 6) is 0.302. The molecule has 1 aliphatic heterocycles. The van der Waals surface area contributed by atoms with E-state index in [1.807, 2.05) is 0 Å². The monoisotopic (exact) mass is 256 g/mol. The number of ketones is 1. The molecule has 5 N–H and O–H groups in total. The van der Waals surface area contributed by atoms with Crippen LogP contribution in [0.4, 0.5) is 0 Å². The molecule has 1 heterocycles. The normalized spacial score (nSPS) is 21.3. The Morgan fingerprint density at radius 2 is 2.28 bits per heavy atom. The van der Waals surface area contributed by atoms with Crippen LogP contribution in [0.3, 0.4) is 0 Å². The summed E-state index contributed by atoms with van der Waals surface area (Å²) in [6, 6.07) is -0.560. The highest BCUT2D eigenvalue weighted by molar-refractivity contribution is 5.88. The van der Waals surface area contributed by atoms with Crippen LogP contribution in [0.2, 0.25) is 0 Å². The van der Waals surface area contributed by atoms with Crippen LogP contribution in [0.5, 0.6) is 0 Å². The fourth-order valence-corrected chi connectivity index (χ4v) is 2.06. The first kappa shape index (κ1) is 15.1. The zero-order valence-corrected chi connectivity index (χ0v) is 11.0. The number of nitrogens with one attached hydrogen (secondary N) is 3. The van der Waals surface area contributed by atoms with E-state index in [4.69, 9.17) is 5.73 Å². The Hall–Kier alpha value is -0.980. The molecule has 0 radical (unpaired) electrons. The number of Topliss-reactive ketones (excluding diaryl/α,β-unsaturated/α-hetero) is 1. The maximum absolute atomic E-state index is 11.6. The molecular weight excluding hydrogens is 232 g/mol. The van der Waals surface area contributed by atoms with Crippen molar-refractivity contribution in [3.63, 3.8) is 0 Å². The van der Waals surface area contributed by atoms with Gasteiger partial charge in [-0.05, 0) is 45.3 Å². The van der Waals surface area contributed by atoms with E-state index in [1.165, 1.54) is 19.8 Å². The largest absolute Gasteiger partial charge is 0.344 e. The SMILES string of the molecule is CC(=O)C(CN)NC(=O)CNC[C@H]1CCCNC1. The minimum Gasteiger partial charge on any atom is -0.344 e. The Labute approximate surface area is 108 Å². The van der Waals surface area contributed by atoms with Gasteiger partial charge >= 0.3 is 0 Å². The highest BCUT2D eigenvalue weighted by Crippen LogP contribution is 2.07. The van der Waals surface area contributed by atoms with Gasteiger partial charge in [-0.1, -0.05) is 0 Å². The lowest BCUT2D eigenvalue weighted by molar-refractivity contribution is -0.126. The first-order valence-corrected chi connectivity index (χ1v) is 6.54. The van der Waals surface area contributed by atoms with Crippen LogP contribution in [0.15, 0.2) is 0 Å². The Kier molecular flexibility index (Phi) is 6.85. The van der Waals surface area contributed by atoms with E-state index < -0.39 is 6.04 Å². The average molecular weight is 256 g/mol. The molecule has 0 saturated carbocycles. The van der Waals surface area contributed by atoms with E-state index in [9.17, 15) is 9.59 Å². The lowest BCUT2D eigenvalue weighted by Gasteiger charge is -2.23. The van der Waals surface area contributed by atoms with Crippen LogP contribution in [0.1, 0.15) is 19.8 Å². The van der Waals surface area contributed by atoms with Crippen LogP contribution in [-0.2, 0) is 9.59 Å². The van der Waals surface area contributed by atoms with Gasteiger partial charge in [0.2, 0.25) is 5.91 Å². The first-order valence-electron chi connectivity index (χ1n) is 6.54. The van der Waals surface area contributed by atoms with E-state index in [1.54, 1.807) is 0 Å². The van der Waals surface area contributed by atoms with Gasteiger partial charge in [0.05, 0.1) is 12.6 Å². The van der Waals surface area contributed by atoms with E-state index in [0.29, 0.717) is 5.92 Å². The van der Waals surface area contributed by atoms with Gasteiger partial charge in [0.15, 0.2) is 5.78 Å². The summed E-state index contributed by atoms with van der Waals surface area (Å²) in [6.07, 6.45) is 2.39. The summed E-state index contributed by atoms with van der Waals surface area (Å²) < 4.78 is 0. The third-order valence-electron chi connectivity index (χ3n) is 3.18. The summed E-state index contributed by atoms with van der Waals surface area (Å²) in [5.41, 5.74) is 5.40. The minimum absolute atomic E-state index is 0.109. The predicted octanol–water partition coefficient (Wildman–Crippen LogP) is -1.39. The molecule has 1 saturated heterocycles. The van der Waals surface area contributed by atoms with Crippen LogP contribution < -0.4 is 21.7 Å². The molecule has 0 aliphatic carbocycles. The van der Waals surface area contributed by atoms with E-state index in [2.05, 4.69) is 16.0 Å². The second-order valence-corrected chi connectivity index (χ2v) is 4.81. The second kappa shape index (κ2) is 8.18. The fourth-order valence-electron chi connectivity index (χ4n) is 2.06. The summed E-state index contributed by atoms with van der Waals surface area (Å²) in [5, 5.41) is 9.06. The molecule has 1 amide bonds. The van der Waals surface area contributed by atoms with E-state index >= 15 is 0 Å². The third kappa shape index (κ3) is 5.57. The summed E-state index contributed by atoms with van der Waals surface area (Å²) in [4.78, 5) is 22.7. The zero-order chi connectivity index (χ0) is 13.4. The van der Waals surface area contributed by atoms with Crippen molar-refractivity contribution in [2.75, 3.05) is 32.7 Å². The standard InChI is InChI=1S/C12H24N4O2/c1-9(17)11(5-13)16-12(18)8-15-7-10-3-2-4-14-6-10/h10-11,14-15H,2-8,13H2,1H3,(H,16,18)/t10-,11?/m0/s1. The first-order chi connectivity index (χ1) is 8.63. The summed E-state index contributed by atoms with van der Waals surface area (Å²) >= 11 is 0. The van der Waals surface area contributed by atoms with Gasteiger partial charge in [-0.2, -0.15) is 0 Å². The van der Waals surface area contributed by atoms with Crippen molar-refractivity contribution in [3.8, 4) is 0 Å². The maximum atomic E-state index is 11.6. The molecule has 0 aromatic heterocycles. The molecule has 2 atom stereocenters. The lowest BCUT2D eigenvalue weighted by Crippen LogP contribution is -2.48. The highest BCUT2D eigenvalue weighted by atomic mass is 16.2. The molecule has 104 valence electrons. The second-order valence-electron chi connectivity index (χ2n) is 4.81. The number of hydrogen-bond acceptors (Lipinski definition) is 5. The van der Waals surface area contributed by atoms with Crippen LogP contribution in [0, 0.1) is 5.92 Å². The number of carbonyl (C=O) groups is 2. The number of nitrogens with two attached hydrogens (primary N) is 1. The summed E-state index contributed by atoms with van der Waals surface area (Å²) in [7, 11) is 0. The van der Waals surface area contributed by atoms with Gasteiger partial charge < -0.3 is 21.7 Å². The lowest BCUT2D eigenvalue weighted by atomic mass is 10.00.